The maximum Gasteiger partial charge on any atom is 0.231 e. The standard InChI is InChI=1S/C27H28FN3O4.ClH/c28-24-6-4-18(11-19(24)12-27(32)31-15-21-3-1-2-9-30-21)23-8-10-29-14-20(23)16-33-22-5-7-25-26(13-22)35-17-34-25;/h1-7,9,11,13,20,23,29H,8,10,12,14-17H2,(H,31,32);1H/t20-,23-;/m0./s1. The Kier molecular flexibility index (Phi) is 8.61. The number of aromatic nitrogens is 1. The van der Waals surface area contributed by atoms with Gasteiger partial charge < -0.3 is 24.8 Å². The van der Waals surface area contributed by atoms with E-state index in [2.05, 4.69) is 15.6 Å². The second-order valence-electron chi connectivity index (χ2n) is 8.81. The second-order valence-corrected chi connectivity index (χ2v) is 8.81. The number of halogens is 2. The molecule has 7 nitrogen and oxygen atoms in total. The number of piperidine rings is 1. The number of benzene rings is 2. The first kappa shape index (κ1) is 25.7. The summed E-state index contributed by atoms with van der Waals surface area (Å²) in [4.78, 5) is 16.7. The number of rotatable bonds is 8. The zero-order chi connectivity index (χ0) is 24.0. The van der Waals surface area contributed by atoms with E-state index in [1.165, 1.54) is 6.07 Å². The van der Waals surface area contributed by atoms with E-state index in [1.807, 2.05) is 48.5 Å². The summed E-state index contributed by atoms with van der Waals surface area (Å²) in [5.74, 6) is 1.92. The van der Waals surface area contributed by atoms with Crippen LogP contribution in [0.2, 0.25) is 0 Å². The molecule has 0 unspecified atom stereocenters. The maximum absolute atomic E-state index is 14.6. The van der Waals surface area contributed by atoms with E-state index < -0.39 is 0 Å². The van der Waals surface area contributed by atoms with Crippen LogP contribution >= 0.6 is 12.4 Å². The van der Waals surface area contributed by atoms with Crippen LogP contribution in [0.3, 0.4) is 0 Å². The highest BCUT2D eigenvalue weighted by atomic mass is 35.5. The minimum Gasteiger partial charge on any atom is -0.493 e. The van der Waals surface area contributed by atoms with Gasteiger partial charge in [0, 0.05) is 24.7 Å². The summed E-state index contributed by atoms with van der Waals surface area (Å²) in [5.41, 5.74) is 2.18. The molecule has 2 aliphatic rings. The van der Waals surface area contributed by atoms with E-state index in [-0.39, 0.29) is 49.2 Å². The predicted octanol–water partition coefficient (Wildman–Crippen LogP) is 4.00. The van der Waals surface area contributed by atoms with Crippen molar-refractivity contribution < 1.29 is 23.4 Å². The van der Waals surface area contributed by atoms with Crippen LogP contribution < -0.4 is 24.8 Å². The molecule has 1 fully saturated rings. The molecule has 2 atom stereocenters. The number of carbonyl (C=O) groups excluding carboxylic acids is 1. The van der Waals surface area contributed by atoms with E-state index in [9.17, 15) is 9.18 Å². The molecule has 0 spiro atoms. The molecular weight excluding hydrogens is 485 g/mol. The molecule has 3 heterocycles. The molecule has 2 aromatic carbocycles. The van der Waals surface area contributed by atoms with Crippen molar-refractivity contribution in [2.45, 2.75) is 25.3 Å². The van der Waals surface area contributed by atoms with Crippen LogP contribution in [-0.2, 0) is 17.8 Å². The van der Waals surface area contributed by atoms with Crippen molar-refractivity contribution in [2.75, 3.05) is 26.5 Å². The third-order valence-corrected chi connectivity index (χ3v) is 6.46. The average Bonchev–Trinajstić information content (AvgIpc) is 3.36. The lowest BCUT2D eigenvalue weighted by molar-refractivity contribution is -0.120. The molecule has 1 saturated heterocycles. The van der Waals surface area contributed by atoms with Crippen molar-refractivity contribution in [2.24, 2.45) is 5.92 Å². The third kappa shape index (κ3) is 6.25. The second kappa shape index (κ2) is 12.1. The minimum atomic E-state index is -0.371. The molecule has 1 aromatic heterocycles. The summed E-state index contributed by atoms with van der Waals surface area (Å²) in [6.45, 7) is 2.72. The van der Waals surface area contributed by atoms with E-state index in [0.717, 1.165) is 42.3 Å². The molecule has 0 aliphatic carbocycles. The highest BCUT2D eigenvalue weighted by Crippen LogP contribution is 2.36. The molecule has 2 aliphatic heterocycles. The van der Waals surface area contributed by atoms with Crippen molar-refractivity contribution in [3.63, 3.8) is 0 Å². The van der Waals surface area contributed by atoms with E-state index in [0.29, 0.717) is 24.5 Å². The zero-order valence-electron chi connectivity index (χ0n) is 19.7. The fourth-order valence-corrected chi connectivity index (χ4v) is 4.59. The molecule has 1 amide bonds. The van der Waals surface area contributed by atoms with Crippen LogP contribution in [0.5, 0.6) is 17.2 Å². The van der Waals surface area contributed by atoms with Gasteiger partial charge >= 0.3 is 0 Å². The molecule has 190 valence electrons. The van der Waals surface area contributed by atoms with Crippen LogP contribution in [-0.4, -0.2) is 37.4 Å². The predicted molar refractivity (Wildman–Crippen MR) is 135 cm³/mol. The zero-order valence-corrected chi connectivity index (χ0v) is 20.6. The SMILES string of the molecule is Cl.O=C(Cc1cc([C@@H]2CCNC[C@H]2COc2ccc3c(c2)OCO3)ccc1F)NCc1ccccn1. The molecule has 0 radical (unpaired) electrons. The first-order chi connectivity index (χ1) is 17.2. The van der Waals surface area contributed by atoms with Crippen molar-refractivity contribution in [3.8, 4) is 17.2 Å². The minimum absolute atomic E-state index is 0. The van der Waals surface area contributed by atoms with Gasteiger partial charge in [0.2, 0.25) is 12.7 Å². The van der Waals surface area contributed by atoms with Gasteiger partial charge in [-0.05, 0) is 60.3 Å². The molecule has 9 heteroatoms. The normalized spacial score (nSPS) is 18.2. The lowest BCUT2D eigenvalue weighted by atomic mass is 9.81. The lowest BCUT2D eigenvalue weighted by Crippen LogP contribution is -2.38. The number of amides is 1. The van der Waals surface area contributed by atoms with Crippen LogP contribution in [0.1, 0.15) is 29.2 Å². The van der Waals surface area contributed by atoms with Crippen molar-refractivity contribution in [1.29, 1.82) is 0 Å². The van der Waals surface area contributed by atoms with Gasteiger partial charge in [0.15, 0.2) is 11.5 Å². The van der Waals surface area contributed by atoms with Crippen molar-refractivity contribution >= 4 is 18.3 Å². The molecule has 3 aromatic rings. The maximum atomic E-state index is 14.6. The third-order valence-electron chi connectivity index (χ3n) is 6.46. The van der Waals surface area contributed by atoms with Gasteiger partial charge in [-0.25, -0.2) is 4.39 Å². The number of ether oxygens (including phenoxy) is 3. The number of nitrogens with one attached hydrogen (secondary N) is 2. The Labute approximate surface area is 215 Å². The topological polar surface area (TPSA) is 81.7 Å². The average molecular weight is 514 g/mol. The lowest BCUT2D eigenvalue weighted by Gasteiger charge is -2.32. The van der Waals surface area contributed by atoms with Gasteiger partial charge in [-0.3, -0.25) is 9.78 Å². The first-order valence-electron chi connectivity index (χ1n) is 11.8. The number of hydrogen-bond donors (Lipinski definition) is 2. The Bertz CT molecular complexity index is 1180. The quantitative estimate of drug-likeness (QED) is 0.474. The Balaban J connectivity index is 0.00000304. The first-order valence-corrected chi connectivity index (χ1v) is 11.8. The number of nitrogens with zero attached hydrogens (tertiary/aromatic N) is 1. The molecular formula is C27H29ClFN3O4. The summed E-state index contributed by atoms with van der Waals surface area (Å²) < 4.78 is 31.5. The van der Waals surface area contributed by atoms with Gasteiger partial charge in [0.05, 0.1) is 25.3 Å². The Morgan fingerprint density at radius 2 is 2.03 bits per heavy atom. The summed E-state index contributed by atoms with van der Waals surface area (Å²) in [6.07, 6.45) is 2.57. The molecule has 0 bridgehead atoms. The monoisotopic (exact) mass is 513 g/mol. The largest absolute Gasteiger partial charge is 0.493 e. The van der Waals surface area contributed by atoms with Crippen LogP contribution in [0, 0.1) is 11.7 Å². The summed E-state index contributed by atoms with van der Waals surface area (Å²) in [6, 6.07) is 16.2. The Morgan fingerprint density at radius 1 is 1.14 bits per heavy atom. The molecule has 5 rings (SSSR count). The number of carbonyl (C=O) groups is 1. The van der Waals surface area contributed by atoms with Crippen LogP contribution in [0.25, 0.3) is 0 Å². The molecule has 0 saturated carbocycles. The van der Waals surface area contributed by atoms with E-state index >= 15 is 0 Å². The van der Waals surface area contributed by atoms with Gasteiger partial charge in [-0.15, -0.1) is 12.4 Å². The fraction of sp³-hybridized carbons (Fsp3) is 0.333. The molecule has 36 heavy (non-hydrogen) atoms. The fourth-order valence-electron chi connectivity index (χ4n) is 4.59. The number of pyridine rings is 1. The number of hydrogen-bond acceptors (Lipinski definition) is 6. The summed E-state index contributed by atoms with van der Waals surface area (Å²) in [7, 11) is 0. The van der Waals surface area contributed by atoms with E-state index in [4.69, 9.17) is 14.2 Å². The highest BCUT2D eigenvalue weighted by molar-refractivity contribution is 5.85. The van der Waals surface area contributed by atoms with E-state index in [1.54, 1.807) is 6.20 Å². The van der Waals surface area contributed by atoms with Crippen molar-refractivity contribution in [3.05, 3.63) is 83.4 Å². The van der Waals surface area contributed by atoms with Crippen LogP contribution in [0.4, 0.5) is 4.39 Å². The van der Waals surface area contributed by atoms with Gasteiger partial charge in [-0.1, -0.05) is 18.2 Å². The number of fused-ring (bicyclic) bond motifs is 1. The summed E-state index contributed by atoms with van der Waals surface area (Å²) >= 11 is 0. The molecule has 2 N–H and O–H groups in total. The summed E-state index contributed by atoms with van der Waals surface area (Å²) in [5, 5.41) is 6.26. The Hall–Kier alpha value is -3.36. The Morgan fingerprint density at radius 3 is 2.89 bits per heavy atom. The van der Waals surface area contributed by atoms with Crippen LogP contribution in [0.15, 0.2) is 60.8 Å². The van der Waals surface area contributed by atoms with Gasteiger partial charge in [-0.2, -0.15) is 0 Å². The highest BCUT2D eigenvalue weighted by Gasteiger charge is 2.28. The van der Waals surface area contributed by atoms with Gasteiger partial charge in [0.25, 0.3) is 0 Å². The smallest absolute Gasteiger partial charge is 0.231 e. The van der Waals surface area contributed by atoms with Gasteiger partial charge in [0.1, 0.15) is 11.6 Å². The van der Waals surface area contributed by atoms with Crippen molar-refractivity contribution in [1.82, 2.24) is 15.6 Å².